The second-order valence-corrected chi connectivity index (χ2v) is 4.34. The molecular formula is C14H11FN4O. The average molecular weight is 270 g/mol. The molecule has 0 saturated heterocycles. The molecule has 3 aromatic rings. The fraction of sp³-hybridized carbons (Fsp3) is 0.0714. The topological polar surface area (TPSA) is 59.3 Å². The molecule has 0 radical (unpaired) electrons. The summed E-state index contributed by atoms with van der Waals surface area (Å²) in [7, 11) is 0. The number of aryl methyl sites for hydroxylation is 1. The second-order valence-electron chi connectivity index (χ2n) is 4.34. The van der Waals surface area contributed by atoms with Gasteiger partial charge in [-0.15, -0.1) is 5.10 Å². The maximum atomic E-state index is 12.8. The van der Waals surface area contributed by atoms with E-state index in [1.54, 1.807) is 12.1 Å². The summed E-state index contributed by atoms with van der Waals surface area (Å²) in [4.78, 5) is 12.2. The SMILES string of the molecule is Cc1nnn2c(C(=O)Nc3ccc(F)cc3)cccc12. The summed E-state index contributed by atoms with van der Waals surface area (Å²) >= 11 is 0. The number of aromatic nitrogens is 3. The van der Waals surface area contributed by atoms with Crippen molar-refractivity contribution < 1.29 is 9.18 Å². The standard InChI is InChI=1S/C14H11FN4O/c1-9-12-3-2-4-13(19(12)18-17-9)14(20)16-11-7-5-10(15)6-8-11/h2-8H,1H3,(H,16,20). The Morgan fingerprint density at radius 2 is 1.95 bits per heavy atom. The minimum absolute atomic E-state index is 0.327. The van der Waals surface area contributed by atoms with E-state index in [0.29, 0.717) is 11.4 Å². The van der Waals surface area contributed by atoms with Crippen LogP contribution in [0.4, 0.5) is 10.1 Å². The summed E-state index contributed by atoms with van der Waals surface area (Å²) < 4.78 is 14.3. The van der Waals surface area contributed by atoms with Crippen molar-refractivity contribution in [3.63, 3.8) is 0 Å². The van der Waals surface area contributed by atoms with Gasteiger partial charge in [-0.1, -0.05) is 11.3 Å². The Labute approximate surface area is 114 Å². The first kappa shape index (κ1) is 12.3. The number of anilines is 1. The van der Waals surface area contributed by atoms with Gasteiger partial charge in [0.2, 0.25) is 0 Å². The number of carbonyl (C=O) groups is 1. The number of pyridine rings is 1. The number of hydrogen-bond donors (Lipinski definition) is 1. The van der Waals surface area contributed by atoms with E-state index >= 15 is 0 Å². The molecule has 0 spiro atoms. The van der Waals surface area contributed by atoms with E-state index in [9.17, 15) is 9.18 Å². The highest BCUT2D eigenvalue weighted by atomic mass is 19.1. The quantitative estimate of drug-likeness (QED) is 0.778. The van der Waals surface area contributed by atoms with Crippen LogP contribution in [0.1, 0.15) is 16.2 Å². The highest BCUT2D eigenvalue weighted by Gasteiger charge is 2.12. The molecule has 0 aliphatic heterocycles. The van der Waals surface area contributed by atoms with E-state index in [1.165, 1.54) is 28.8 Å². The summed E-state index contributed by atoms with van der Waals surface area (Å²) in [6.45, 7) is 1.82. The number of rotatable bonds is 2. The van der Waals surface area contributed by atoms with Gasteiger partial charge in [0.1, 0.15) is 11.5 Å². The van der Waals surface area contributed by atoms with E-state index in [4.69, 9.17) is 0 Å². The van der Waals surface area contributed by atoms with Crippen LogP contribution >= 0.6 is 0 Å². The Morgan fingerprint density at radius 3 is 2.70 bits per heavy atom. The molecule has 100 valence electrons. The monoisotopic (exact) mass is 270 g/mol. The number of fused-ring (bicyclic) bond motifs is 1. The molecule has 20 heavy (non-hydrogen) atoms. The van der Waals surface area contributed by atoms with Crippen LogP contribution in [-0.4, -0.2) is 20.7 Å². The van der Waals surface area contributed by atoms with Crippen LogP contribution in [0.5, 0.6) is 0 Å². The smallest absolute Gasteiger partial charge is 0.274 e. The second kappa shape index (κ2) is 4.73. The van der Waals surface area contributed by atoms with Crippen LogP contribution in [0.3, 0.4) is 0 Å². The van der Waals surface area contributed by atoms with Crippen molar-refractivity contribution in [2.45, 2.75) is 6.92 Å². The summed E-state index contributed by atoms with van der Waals surface area (Å²) in [5, 5.41) is 10.6. The predicted molar refractivity (Wildman–Crippen MR) is 72.1 cm³/mol. The first-order chi connectivity index (χ1) is 9.65. The van der Waals surface area contributed by atoms with E-state index in [1.807, 2.05) is 13.0 Å². The third kappa shape index (κ3) is 2.11. The lowest BCUT2D eigenvalue weighted by molar-refractivity contribution is 0.102. The number of benzene rings is 1. The molecule has 0 aliphatic rings. The van der Waals surface area contributed by atoms with E-state index in [0.717, 1.165) is 11.2 Å². The van der Waals surface area contributed by atoms with Crippen LogP contribution in [0.15, 0.2) is 42.5 Å². The van der Waals surface area contributed by atoms with Crippen LogP contribution in [0, 0.1) is 12.7 Å². The van der Waals surface area contributed by atoms with Crippen LogP contribution in [0.2, 0.25) is 0 Å². The third-order valence-electron chi connectivity index (χ3n) is 2.95. The molecule has 0 unspecified atom stereocenters. The van der Waals surface area contributed by atoms with Gasteiger partial charge in [-0.2, -0.15) is 0 Å². The Balaban J connectivity index is 1.94. The molecule has 2 aromatic heterocycles. The molecule has 0 aliphatic carbocycles. The van der Waals surface area contributed by atoms with Crippen molar-refractivity contribution in [2.24, 2.45) is 0 Å². The predicted octanol–water partition coefficient (Wildman–Crippen LogP) is 2.43. The molecule has 3 rings (SSSR count). The van der Waals surface area contributed by atoms with Crippen molar-refractivity contribution in [1.82, 2.24) is 14.8 Å². The molecule has 0 bridgehead atoms. The number of halogens is 1. The van der Waals surface area contributed by atoms with Gasteiger partial charge < -0.3 is 5.32 Å². The van der Waals surface area contributed by atoms with Gasteiger partial charge in [0.05, 0.1) is 11.2 Å². The van der Waals surface area contributed by atoms with Crippen LogP contribution in [-0.2, 0) is 0 Å². The lowest BCUT2D eigenvalue weighted by Gasteiger charge is -2.06. The molecule has 0 saturated carbocycles. The molecule has 6 heteroatoms. The van der Waals surface area contributed by atoms with Crippen molar-refractivity contribution in [2.75, 3.05) is 5.32 Å². The van der Waals surface area contributed by atoms with Crippen LogP contribution < -0.4 is 5.32 Å². The minimum Gasteiger partial charge on any atom is -0.321 e. The van der Waals surface area contributed by atoms with Gasteiger partial charge >= 0.3 is 0 Å². The number of hydrogen-bond acceptors (Lipinski definition) is 3. The maximum absolute atomic E-state index is 12.8. The zero-order chi connectivity index (χ0) is 14.1. The van der Waals surface area contributed by atoms with Crippen molar-refractivity contribution >= 4 is 17.1 Å². The zero-order valence-electron chi connectivity index (χ0n) is 10.7. The van der Waals surface area contributed by atoms with Gasteiger partial charge in [-0.25, -0.2) is 8.91 Å². The molecule has 2 heterocycles. The fourth-order valence-electron chi connectivity index (χ4n) is 1.93. The van der Waals surface area contributed by atoms with Gasteiger partial charge in [0.15, 0.2) is 0 Å². The molecule has 0 atom stereocenters. The lowest BCUT2D eigenvalue weighted by Crippen LogP contribution is -2.16. The number of carbonyl (C=O) groups excluding carboxylic acids is 1. The van der Waals surface area contributed by atoms with Crippen molar-refractivity contribution in [3.8, 4) is 0 Å². The Morgan fingerprint density at radius 1 is 1.20 bits per heavy atom. The first-order valence-corrected chi connectivity index (χ1v) is 6.03. The third-order valence-corrected chi connectivity index (χ3v) is 2.95. The molecule has 0 fully saturated rings. The normalized spacial score (nSPS) is 10.7. The highest BCUT2D eigenvalue weighted by Crippen LogP contribution is 2.13. The average Bonchev–Trinajstić information content (AvgIpc) is 2.83. The lowest BCUT2D eigenvalue weighted by atomic mass is 10.2. The van der Waals surface area contributed by atoms with Crippen LogP contribution in [0.25, 0.3) is 5.52 Å². The number of nitrogens with zero attached hydrogens (tertiary/aromatic N) is 3. The first-order valence-electron chi connectivity index (χ1n) is 6.03. The summed E-state index contributed by atoms with van der Waals surface area (Å²) in [6.07, 6.45) is 0. The zero-order valence-corrected chi connectivity index (χ0v) is 10.7. The van der Waals surface area contributed by atoms with E-state index in [2.05, 4.69) is 15.6 Å². The summed E-state index contributed by atoms with van der Waals surface area (Å²) in [5.41, 5.74) is 2.41. The Kier molecular flexibility index (Phi) is 2.90. The van der Waals surface area contributed by atoms with Crippen molar-refractivity contribution in [3.05, 3.63) is 59.7 Å². The molecule has 1 N–H and O–H groups in total. The summed E-state index contributed by atoms with van der Waals surface area (Å²) in [6, 6.07) is 10.8. The maximum Gasteiger partial charge on any atom is 0.274 e. The molecule has 1 amide bonds. The van der Waals surface area contributed by atoms with Crippen molar-refractivity contribution in [1.29, 1.82) is 0 Å². The molecule has 1 aromatic carbocycles. The van der Waals surface area contributed by atoms with Gasteiger partial charge in [-0.05, 0) is 43.3 Å². The molecular weight excluding hydrogens is 259 g/mol. The van der Waals surface area contributed by atoms with Gasteiger partial charge in [0, 0.05) is 5.69 Å². The Hall–Kier alpha value is -2.76. The number of nitrogens with one attached hydrogen (secondary N) is 1. The largest absolute Gasteiger partial charge is 0.321 e. The highest BCUT2D eigenvalue weighted by molar-refractivity contribution is 6.03. The minimum atomic E-state index is -0.350. The van der Waals surface area contributed by atoms with E-state index in [-0.39, 0.29) is 11.7 Å². The fourth-order valence-corrected chi connectivity index (χ4v) is 1.93. The van der Waals surface area contributed by atoms with E-state index < -0.39 is 0 Å². The molecule has 5 nitrogen and oxygen atoms in total. The summed E-state index contributed by atoms with van der Waals surface area (Å²) in [5.74, 6) is -0.677. The Bertz CT molecular complexity index is 779. The van der Waals surface area contributed by atoms with Gasteiger partial charge in [0.25, 0.3) is 5.91 Å². The number of amides is 1. The van der Waals surface area contributed by atoms with Gasteiger partial charge in [-0.3, -0.25) is 4.79 Å².